The second-order valence-electron chi connectivity index (χ2n) is 5.45. The zero-order valence-electron chi connectivity index (χ0n) is 11.6. The molecular weight excluding hydrogens is 296 g/mol. The van der Waals surface area contributed by atoms with E-state index in [1.54, 1.807) is 6.07 Å². The Morgan fingerprint density at radius 3 is 2.65 bits per heavy atom. The summed E-state index contributed by atoms with van der Waals surface area (Å²) in [7, 11) is -3.66. The fourth-order valence-corrected chi connectivity index (χ4v) is 4.40. The first-order valence-electron chi connectivity index (χ1n) is 6.72. The van der Waals surface area contributed by atoms with Gasteiger partial charge in [-0.2, -0.15) is 0 Å². The molecule has 1 saturated carbocycles. The normalized spacial score (nSPS) is 24.6. The lowest BCUT2D eigenvalue weighted by molar-refractivity contribution is -0.126. The number of thiophene rings is 1. The molecule has 0 aliphatic heterocycles. The minimum atomic E-state index is -3.66. The summed E-state index contributed by atoms with van der Waals surface area (Å²) in [6.45, 7) is 3.96. The number of primary sulfonamides is 1. The van der Waals surface area contributed by atoms with Gasteiger partial charge >= 0.3 is 0 Å². The summed E-state index contributed by atoms with van der Waals surface area (Å²) < 4.78 is 22.6. The zero-order valence-corrected chi connectivity index (χ0v) is 13.3. The molecule has 1 aliphatic rings. The minimum absolute atomic E-state index is 0.0630. The average Bonchev–Trinajstić information content (AvgIpc) is 2.95. The lowest BCUT2D eigenvalue weighted by atomic mass is 9.97. The number of carbonyl (C=O) groups is 1. The van der Waals surface area contributed by atoms with Gasteiger partial charge in [0, 0.05) is 10.8 Å². The van der Waals surface area contributed by atoms with Crippen molar-refractivity contribution in [3.05, 3.63) is 17.0 Å². The number of nitrogens with one attached hydrogen (secondary N) is 1. The van der Waals surface area contributed by atoms with Gasteiger partial charge in [0.2, 0.25) is 15.9 Å². The van der Waals surface area contributed by atoms with E-state index in [2.05, 4.69) is 12.2 Å². The van der Waals surface area contributed by atoms with Crippen LogP contribution in [0.2, 0.25) is 0 Å². The van der Waals surface area contributed by atoms with Gasteiger partial charge in [-0.25, -0.2) is 13.6 Å². The van der Waals surface area contributed by atoms with Crippen molar-refractivity contribution in [1.82, 2.24) is 5.32 Å². The fraction of sp³-hybridized carbons (Fsp3) is 0.615. The summed E-state index contributed by atoms with van der Waals surface area (Å²) in [5.41, 5.74) is 0. The average molecular weight is 316 g/mol. The highest BCUT2D eigenvalue weighted by Crippen LogP contribution is 2.32. The summed E-state index contributed by atoms with van der Waals surface area (Å²) in [6.07, 6.45) is 3.13. The Morgan fingerprint density at radius 1 is 1.45 bits per heavy atom. The summed E-state index contributed by atoms with van der Waals surface area (Å²) in [6, 6.07) is 2.99. The molecule has 2 rings (SSSR count). The third kappa shape index (κ3) is 3.39. The monoisotopic (exact) mass is 316 g/mol. The molecule has 1 amide bonds. The first kappa shape index (κ1) is 15.5. The van der Waals surface area contributed by atoms with Gasteiger partial charge in [-0.05, 0) is 37.8 Å². The van der Waals surface area contributed by atoms with Gasteiger partial charge in [-0.3, -0.25) is 4.79 Å². The maximum Gasteiger partial charge on any atom is 0.247 e. The second-order valence-corrected chi connectivity index (χ2v) is 8.35. The fourth-order valence-electron chi connectivity index (χ4n) is 2.65. The van der Waals surface area contributed by atoms with Crippen molar-refractivity contribution < 1.29 is 13.2 Å². The predicted molar refractivity (Wildman–Crippen MR) is 78.8 cm³/mol. The van der Waals surface area contributed by atoms with Crippen LogP contribution >= 0.6 is 11.3 Å². The molecule has 0 spiro atoms. The van der Waals surface area contributed by atoms with E-state index in [1.165, 1.54) is 6.07 Å². The van der Waals surface area contributed by atoms with E-state index in [0.29, 0.717) is 5.92 Å². The van der Waals surface area contributed by atoms with Gasteiger partial charge in [0.1, 0.15) is 4.21 Å². The molecule has 112 valence electrons. The highest BCUT2D eigenvalue weighted by molar-refractivity contribution is 7.91. The van der Waals surface area contributed by atoms with Crippen LogP contribution in [-0.2, 0) is 14.8 Å². The van der Waals surface area contributed by atoms with E-state index in [1.807, 2.05) is 6.92 Å². The number of hydrogen-bond donors (Lipinski definition) is 2. The molecule has 0 saturated heterocycles. The van der Waals surface area contributed by atoms with Gasteiger partial charge in [0.05, 0.1) is 6.04 Å². The molecule has 3 unspecified atom stereocenters. The Kier molecular flexibility index (Phi) is 4.51. The van der Waals surface area contributed by atoms with Gasteiger partial charge < -0.3 is 5.32 Å². The van der Waals surface area contributed by atoms with Crippen molar-refractivity contribution in [3.8, 4) is 0 Å². The molecule has 7 heteroatoms. The topological polar surface area (TPSA) is 89.3 Å². The Bertz CT molecular complexity index is 595. The van der Waals surface area contributed by atoms with Crippen LogP contribution in [0.1, 0.15) is 44.0 Å². The molecule has 1 heterocycles. The Balaban J connectivity index is 2.03. The zero-order chi connectivity index (χ0) is 14.9. The number of sulfonamides is 1. The molecular formula is C13H20N2O3S2. The van der Waals surface area contributed by atoms with Crippen LogP contribution in [0.25, 0.3) is 0 Å². The Labute approximate surface area is 123 Å². The van der Waals surface area contributed by atoms with Crippen molar-refractivity contribution in [2.24, 2.45) is 17.0 Å². The molecule has 1 aromatic rings. The molecule has 0 bridgehead atoms. The molecule has 3 atom stereocenters. The minimum Gasteiger partial charge on any atom is -0.349 e. The SMILES string of the molecule is CC(NC(=O)C1CCCC1C)c1ccc(S(N)(=O)=O)s1. The van der Waals surface area contributed by atoms with Crippen LogP contribution in [-0.4, -0.2) is 14.3 Å². The van der Waals surface area contributed by atoms with Crippen LogP contribution in [0.3, 0.4) is 0 Å². The van der Waals surface area contributed by atoms with E-state index in [0.717, 1.165) is 35.5 Å². The Morgan fingerprint density at radius 2 is 2.15 bits per heavy atom. The molecule has 0 aromatic carbocycles. The van der Waals surface area contributed by atoms with E-state index in [4.69, 9.17) is 5.14 Å². The highest BCUT2D eigenvalue weighted by Gasteiger charge is 2.30. The lowest BCUT2D eigenvalue weighted by Crippen LogP contribution is -2.33. The standard InChI is InChI=1S/C13H20N2O3S2/c1-8-4-3-5-10(8)13(16)15-9(2)11-6-7-12(19-11)20(14,17)18/h6-10H,3-5H2,1-2H3,(H,15,16)(H2,14,17,18). The van der Waals surface area contributed by atoms with Crippen LogP contribution in [0, 0.1) is 11.8 Å². The summed E-state index contributed by atoms with van der Waals surface area (Å²) in [4.78, 5) is 13.0. The number of hydrogen-bond acceptors (Lipinski definition) is 4. The largest absolute Gasteiger partial charge is 0.349 e. The van der Waals surface area contributed by atoms with E-state index >= 15 is 0 Å². The third-order valence-corrected chi connectivity index (χ3v) is 6.57. The molecule has 5 nitrogen and oxygen atoms in total. The van der Waals surface area contributed by atoms with Crippen molar-refractivity contribution in [2.75, 3.05) is 0 Å². The lowest BCUT2D eigenvalue weighted by Gasteiger charge is -2.18. The van der Waals surface area contributed by atoms with Crippen LogP contribution in [0.5, 0.6) is 0 Å². The summed E-state index contributed by atoms with van der Waals surface area (Å²) in [5.74, 6) is 0.564. The number of carbonyl (C=O) groups excluding carboxylic acids is 1. The van der Waals surface area contributed by atoms with Crippen LogP contribution in [0.4, 0.5) is 0 Å². The third-order valence-electron chi connectivity index (χ3n) is 3.87. The summed E-state index contributed by atoms with van der Waals surface area (Å²) >= 11 is 1.11. The molecule has 1 fully saturated rings. The number of nitrogens with two attached hydrogens (primary N) is 1. The van der Waals surface area contributed by atoms with Gasteiger partial charge in [-0.1, -0.05) is 13.3 Å². The maximum absolute atomic E-state index is 12.2. The Hall–Kier alpha value is -0.920. The molecule has 3 N–H and O–H groups in total. The maximum atomic E-state index is 12.2. The van der Waals surface area contributed by atoms with Crippen molar-refractivity contribution in [3.63, 3.8) is 0 Å². The van der Waals surface area contributed by atoms with Crippen LogP contribution < -0.4 is 10.5 Å². The van der Waals surface area contributed by atoms with Crippen LogP contribution in [0.15, 0.2) is 16.3 Å². The van der Waals surface area contributed by atoms with E-state index < -0.39 is 10.0 Å². The van der Waals surface area contributed by atoms with Crippen molar-refractivity contribution in [2.45, 2.75) is 43.4 Å². The molecule has 0 radical (unpaired) electrons. The first-order valence-corrected chi connectivity index (χ1v) is 9.08. The number of rotatable bonds is 4. The molecule has 20 heavy (non-hydrogen) atoms. The van der Waals surface area contributed by atoms with Crippen molar-refractivity contribution >= 4 is 27.3 Å². The number of amides is 1. The van der Waals surface area contributed by atoms with Gasteiger partial charge in [-0.15, -0.1) is 11.3 Å². The van der Waals surface area contributed by atoms with Gasteiger partial charge in [0.15, 0.2) is 0 Å². The molecule has 1 aromatic heterocycles. The quantitative estimate of drug-likeness (QED) is 0.890. The second kappa shape index (κ2) is 5.83. The summed E-state index contributed by atoms with van der Waals surface area (Å²) in [5, 5.41) is 8.05. The van der Waals surface area contributed by atoms with E-state index in [-0.39, 0.29) is 22.1 Å². The van der Waals surface area contributed by atoms with Gasteiger partial charge in [0.25, 0.3) is 0 Å². The van der Waals surface area contributed by atoms with E-state index in [9.17, 15) is 13.2 Å². The highest BCUT2D eigenvalue weighted by atomic mass is 32.2. The first-order chi connectivity index (χ1) is 9.29. The molecule has 1 aliphatic carbocycles. The predicted octanol–water partition coefficient (Wildman–Crippen LogP) is 2.01. The smallest absolute Gasteiger partial charge is 0.247 e. The van der Waals surface area contributed by atoms with Crippen molar-refractivity contribution in [1.29, 1.82) is 0 Å².